The number of alkyl halides is 3. The topological polar surface area (TPSA) is 66.4 Å². The second-order valence-electron chi connectivity index (χ2n) is 4.47. The largest absolute Gasteiger partial charge is 0.481 e. The molecule has 2 atom stereocenters. The van der Waals surface area contributed by atoms with Crippen molar-refractivity contribution in [1.29, 1.82) is 0 Å². The molecule has 0 heterocycles. The summed E-state index contributed by atoms with van der Waals surface area (Å²) >= 11 is 0. The summed E-state index contributed by atoms with van der Waals surface area (Å²) in [4.78, 5) is 21.3. The smallest absolute Gasteiger partial charge is 0.471 e. The molecule has 0 spiro atoms. The van der Waals surface area contributed by atoms with Gasteiger partial charge in [0.1, 0.15) is 0 Å². The summed E-state index contributed by atoms with van der Waals surface area (Å²) in [7, 11) is 0. The first-order valence-corrected chi connectivity index (χ1v) is 4.67. The minimum absolute atomic E-state index is 0.0319. The van der Waals surface area contributed by atoms with E-state index in [4.69, 9.17) is 5.11 Å². The highest BCUT2D eigenvalue weighted by Crippen LogP contribution is 2.46. The van der Waals surface area contributed by atoms with Crippen molar-refractivity contribution in [3.8, 4) is 0 Å². The van der Waals surface area contributed by atoms with Gasteiger partial charge >= 0.3 is 18.1 Å². The van der Waals surface area contributed by atoms with Crippen molar-refractivity contribution in [2.45, 2.75) is 32.5 Å². The summed E-state index contributed by atoms with van der Waals surface area (Å²) in [5.41, 5.74) is -0.854. The van der Waals surface area contributed by atoms with E-state index >= 15 is 0 Å². The average Bonchev–Trinajstić information content (AvgIpc) is 2.08. The van der Waals surface area contributed by atoms with E-state index in [1.165, 1.54) is 13.8 Å². The zero-order valence-corrected chi connectivity index (χ0v) is 8.76. The summed E-state index contributed by atoms with van der Waals surface area (Å²) in [5.74, 6) is -3.79. The SMILES string of the molecule is CC1(C)[C@@H](C(=O)O)C[C@H]1NC(=O)C(F)(F)F. The van der Waals surface area contributed by atoms with Gasteiger partial charge in [0, 0.05) is 6.04 Å². The Kier molecular flexibility index (Phi) is 2.91. The van der Waals surface area contributed by atoms with Crippen LogP contribution in [0.4, 0.5) is 13.2 Å². The Morgan fingerprint density at radius 3 is 2.19 bits per heavy atom. The van der Waals surface area contributed by atoms with Crippen LogP contribution in [0.25, 0.3) is 0 Å². The lowest BCUT2D eigenvalue weighted by molar-refractivity contribution is -0.179. The molecule has 0 aromatic carbocycles. The third-order valence-corrected chi connectivity index (χ3v) is 3.13. The molecule has 4 nitrogen and oxygen atoms in total. The molecule has 0 bridgehead atoms. The van der Waals surface area contributed by atoms with E-state index in [1.807, 2.05) is 0 Å². The van der Waals surface area contributed by atoms with Crippen LogP contribution in [0.15, 0.2) is 0 Å². The van der Waals surface area contributed by atoms with Crippen LogP contribution in [0.5, 0.6) is 0 Å². The van der Waals surface area contributed by atoms with Gasteiger partial charge in [-0.25, -0.2) is 0 Å². The van der Waals surface area contributed by atoms with Crippen molar-refractivity contribution >= 4 is 11.9 Å². The molecule has 0 radical (unpaired) electrons. The van der Waals surface area contributed by atoms with Gasteiger partial charge in [-0.15, -0.1) is 0 Å². The van der Waals surface area contributed by atoms with Crippen LogP contribution in [0.1, 0.15) is 20.3 Å². The van der Waals surface area contributed by atoms with Crippen LogP contribution in [0.3, 0.4) is 0 Å². The maximum atomic E-state index is 11.9. The monoisotopic (exact) mass is 239 g/mol. The standard InChI is InChI=1S/C9H12F3NO3/c1-8(2)4(6(14)15)3-5(8)13-7(16)9(10,11)12/h4-5H,3H2,1-2H3,(H,13,16)(H,14,15)/t4-,5-/m1/s1. The number of amides is 1. The molecule has 1 fully saturated rings. The normalized spacial score (nSPS) is 28.1. The number of hydrogen-bond acceptors (Lipinski definition) is 2. The molecular formula is C9H12F3NO3. The van der Waals surface area contributed by atoms with Crippen LogP contribution in [0, 0.1) is 11.3 Å². The summed E-state index contributed by atoms with van der Waals surface area (Å²) in [6.07, 6.45) is -4.89. The zero-order chi connectivity index (χ0) is 12.7. The molecule has 0 aromatic heterocycles. The molecule has 1 aliphatic carbocycles. The van der Waals surface area contributed by atoms with Gasteiger partial charge in [0.2, 0.25) is 0 Å². The third kappa shape index (κ3) is 2.12. The van der Waals surface area contributed by atoms with Crippen LogP contribution in [-0.2, 0) is 9.59 Å². The maximum absolute atomic E-state index is 11.9. The lowest BCUT2D eigenvalue weighted by Gasteiger charge is -2.49. The molecule has 1 saturated carbocycles. The molecule has 16 heavy (non-hydrogen) atoms. The first-order chi connectivity index (χ1) is 7.06. The Bertz CT molecular complexity index is 324. The number of carboxylic acids is 1. The number of nitrogens with one attached hydrogen (secondary N) is 1. The highest BCUT2D eigenvalue weighted by molar-refractivity contribution is 5.82. The van der Waals surface area contributed by atoms with Gasteiger partial charge in [-0.2, -0.15) is 13.2 Å². The predicted molar refractivity (Wildman–Crippen MR) is 47.5 cm³/mol. The number of carbonyl (C=O) groups excluding carboxylic acids is 1. The fraction of sp³-hybridized carbons (Fsp3) is 0.778. The molecule has 0 unspecified atom stereocenters. The van der Waals surface area contributed by atoms with Crippen LogP contribution in [0.2, 0.25) is 0 Å². The Labute approximate surface area is 89.8 Å². The Morgan fingerprint density at radius 2 is 1.88 bits per heavy atom. The lowest BCUT2D eigenvalue weighted by atomic mass is 9.58. The molecule has 1 amide bonds. The third-order valence-electron chi connectivity index (χ3n) is 3.13. The number of rotatable bonds is 2. The van der Waals surface area contributed by atoms with Crippen LogP contribution < -0.4 is 5.32 Å². The van der Waals surface area contributed by atoms with Crippen molar-refractivity contribution in [3.05, 3.63) is 0 Å². The molecule has 0 aromatic rings. The first-order valence-electron chi connectivity index (χ1n) is 4.67. The minimum atomic E-state index is -4.93. The van der Waals surface area contributed by atoms with Crippen LogP contribution >= 0.6 is 0 Å². The Morgan fingerprint density at radius 1 is 1.38 bits per heavy atom. The number of halogens is 3. The van der Waals surface area contributed by atoms with Gasteiger partial charge in [-0.1, -0.05) is 13.8 Å². The van der Waals surface area contributed by atoms with E-state index < -0.39 is 35.4 Å². The summed E-state index contributed by atoms with van der Waals surface area (Å²) in [6, 6.07) is -0.747. The van der Waals surface area contributed by atoms with Gasteiger partial charge in [0.25, 0.3) is 0 Å². The lowest BCUT2D eigenvalue weighted by Crippen LogP contribution is -2.62. The van der Waals surface area contributed by atoms with E-state index in [1.54, 1.807) is 5.32 Å². The van der Waals surface area contributed by atoms with Crippen molar-refractivity contribution < 1.29 is 27.9 Å². The van der Waals surface area contributed by atoms with Gasteiger partial charge < -0.3 is 10.4 Å². The second kappa shape index (κ2) is 3.64. The van der Waals surface area contributed by atoms with E-state index in [-0.39, 0.29) is 6.42 Å². The van der Waals surface area contributed by atoms with Crippen LogP contribution in [-0.4, -0.2) is 29.2 Å². The molecule has 1 aliphatic rings. The van der Waals surface area contributed by atoms with Crippen molar-refractivity contribution in [2.24, 2.45) is 11.3 Å². The van der Waals surface area contributed by atoms with Crippen molar-refractivity contribution in [2.75, 3.05) is 0 Å². The number of carbonyl (C=O) groups is 2. The molecule has 0 saturated heterocycles. The Hall–Kier alpha value is -1.27. The second-order valence-corrected chi connectivity index (χ2v) is 4.47. The van der Waals surface area contributed by atoms with Gasteiger partial charge in [0.05, 0.1) is 5.92 Å². The molecular weight excluding hydrogens is 227 g/mol. The highest BCUT2D eigenvalue weighted by atomic mass is 19.4. The molecule has 1 rings (SSSR count). The van der Waals surface area contributed by atoms with Crippen molar-refractivity contribution in [1.82, 2.24) is 5.32 Å². The van der Waals surface area contributed by atoms with E-state index in [9.17, 15) is 22.8 Å². The molecule has 0 aliphatic heterocycles. The zero-order valence-electron chi connectivity index (χ0n) is 8.76. The van der Waals surface area contributed by atoms with Gasteiger partial charge in [-0.05, 0) is 11.8 Å². The van der Waals surface area contributed by atoms with E-state index in [0.717, 1.165) is 0 Å². The summed E-state index contributed by atoms with van der Waals surface area (Å²) < 4.78 is 35.8. The molecule has 92 valence electrons. The predicted octanol–water partition coefficient (Wildman–Crippen LogP) is 1.16. The average molecular weight is 239 g/mol. The molecule has 7 heteroatoms. The Balaban J connectivity index is 2.62. The minimum Gasteiger partial charge on any atom is -0.481 e. The number of carboxylic acid groups (broad SMARTS) is 1. The fourth-order valence-corrected chi connectivity index (χ4v) is 1.83. The first kappa shape index (κ1) is 12.8. The van der Waals surface area contributed by atoms with Crippen molar-refractivity contribution in [3.63, 3.8) is 0 Å². The molecule has 2 N–H and O–H groups in total. The number of aliphatic carboxylic acids is 1. The van der Waals surface area contributed by atoms with Gasteiger partial charge in [0.15, 0.2) is 0 Å². The fourth-order valence-electron chi connectivity index (χ4n) is 1.83. The summed E-state index contributed by atoms with van der Waals surface area (Å²) in [5, 5.41) is 10.5. The quantitative estimate of drug-likeness (QED) is 0.760. The number of hydrogen-bond donors (Lipinski definition) is 2. The van der Waals surface area contributed by atoms with Gasteiger partial charge in [-0.3, -0.25) is 9.59 Å². The summed E-state index contributed by atoms with van der Waals surface area (Å²) in [6.45, 7) is 3.05. The highest BCUT2D eigenvalue weighted by Gasteiger charge is 2.54. The van der Waals surface area contributed by atoms with E-state index in [0.29, 0.717) is 0 Å². The maximum Gasteiger partial charge on any atom is 0.471 e. The van der Waals surface area contributed by atoms with E-state index in [2.05, 4.69) is 0 Å².